The van der Waals surface area contributed by atoms with Crippen molar-refractivity contribution in [1.29, 1.82) is 0 Å². The maximum Gasteiger partial charge on any atom is 0.417 e. The first kappa shape index (κ1) is 15.5. The van der Waals surface area contributed by atoms with Crippen LogP contribution < -0.4 is 5.32 Å². The summed E-state index contributed by atoms with van der Waals surface area (Å²) in [6, 6.07) is 3.08. The molecule has 0 bridgehead atoms. The molecule has 1 aliphatic rings. The molecule has 1 unspecified atom stereocenters. The Morgan fingerprint density at radius 1 is 1.45 bits per heavy atom. The maximum atomic E-state index is 12.7. The predicted molar refractivity (Wildman–Crippen MR) is 72.0 cm³/mol. The SMILES string of the molecule is O=C(Nc1ccc(Cl)c(C(F)(F)F)c1)C1(O)CCSC1. The number of hydrogen-bond donors (Lipinski definition) is 2. The molecule has 1 heterocycles. The molecule has 1 amide bonds. The van der Waals surface area contributed by atoms with Crippen molar-refractivity contribution < 1.29 is 23.1 Å². The largest absolute Gasteiger partial charge is 0.417 e. The lowest BCUT2D eigenvalue weighted by Crippen LogP contribution is -2.42. The lowest BCUT2D eigenvalue weighted by atomic mass is 10.0. The topological polar surface area (TPSA) is 49.3 Å². The normalized spacial score (nSPS) is 22.9. The molecular formula is C12H11ClF3NO2S. The van der Waals surface area contributed by atoms with Crippen molar-refractivity contribution in [1.82, 2.24) is 0 Å². The molecule has 2 rings (SSSR count). The highest BCUT2D eigenvalue weighted by Gasteiger charge is 2.40. The van der Waals surface area contributed by atoms with Crippen LogP contribution >= 0.6 is 23.4 Å². The van der Waals surface area contributed by atoms with E-state index in [1.807, 2.05) is 0 Å². The summed E-state index contributed by atoms with van der Waals surface area (Å²) in [7, 11) is 0. The number of rotatable bonds is 2. The fraction of sp³-hybridized carbons (Fsp3) is 0.417. The molecule has 0 aromatic heterocycles. The molecular weight excluding hydrogens is 315 g/mol. The van der Waals surface area contributed by atoms with E-state index < -0.39 is 28.3 Å². The van der Waals surface area contributed by atoms with Gasteiger partial charge in [-0.25, -0.2) is 0 Å². The minimum absolute atomic E-state index is 0.0444. The number of hydrogen-bond acceptors (Lipinski definition) is 3. The van der Waals surface area contributed by atoms with Crippen LogP contribution in [0.2, 0.25) is 5.02 Å². The molecule has 1 aliphatic heterocycles. The second kappa shape index (κ2) is 5.46. The van der Waals surface area contributed by atoms with E-state index in [4.69, 9.17) is 11.6 Å². The molecule has 2 N–H and O–H groups in total. The van der Waals surface area contributed by atoms with E-state index in [0.717, 1.165) is 12.1 Å². The molecule has 1 saturated heterocycles. The zero-order valence-electron chi connectivity index (χ0n) is 10.1. The first-order chi connectivity index (χ1) is 9.22. The smallest absolute Gasteiger partial charge is 0.379 e. The van der Waals surface area contributed by atoms with E-state index in [-0.39, 0.29) is 17.9 Å². The van der Waals surface area contributed by atoms with Crippen LogP contribution in [0.4, 0.5) is 18.9 Å². The summed E-state index contributed by atoms with van der Waals surface area (Å²) >= 11 is 6.90. The highest BCUT2D eigenvalue weighted by atomic mass is 35.5. The zero-order valence-corrected chi connectivity index (χ0v) is 11.7. The Morgan fingerprint density at radius 3 is 2.70 bits per heavy atom. The van der Waals surface area contributed by atoms with E-state index in [1.54, 1.807) is 0 Å². The third-order valence-corrected chi connectivity index (χ3v) is 4.46. The van der Waals surface area contributed by atoms with E-state index in [1.165, 1.54) is 17.8 Å². The van der Waals surface area contributed by atoms with Gasteiger partial charge in [0.1, 0.15) is 0 Å². The van der Waals surface area contributed by atoms with Gasteiger partial charge in [0, 0.05) is 11.4 Å². The molecule has 1 aromatic carbocycles. The average molecular weight is 326 g/mol. The van der Waals surface area contributed by atoms with Crippen LogP contribution in [0.1, 0.15) is 12.0 Å². The van der Waals surface area contributed by atoms with Gasteiger partial charge in [0.2, 0.25) is 0 Å². The molecule has 1 aromatic rings. The number of halogens is 4. The van der Waals surface area contributed by atoms with Crippen LogP contribution in [0.25, 0.3) is 0 Å². The molecule has 110 valence electrons. The van der Waals surface area contributed by atoms with Gasteiger partial charge in [0.05, 0.1) is 10.6 Å². The molecule has 20 heavy (non-hydrogen) atoms. The molecule has 0 radical (unpaired) electrons. The first-order valence-corrected chi connectivity index (χ1v) is 7.24. The minimum atomic E-state index is -4.60. The number of aliphatic hydroxyl groups is 1. The lowest BCUT2D eigenvalue weighted by molar-refractivity contribution is -0.137. The second-order valence-corrected chi connectivity index (χ2v) is 5.99. The summed E-state index contributed by atoms with van der Waals surface area (Å²) in [5.41, 5.74) is -2.59. The summed E-state index contributed by atoms with van der Waals surface area (Å²) < 4.78 is 38.1. The standard InChI is InChI=1S/C12H11ClF3NO2S/c13-9-2-1-7(5-8(9)12(14,15)16)17-10(18)11(19)3-4-20-6-11/h1-2,5,19H,3-4,6H2,(H,17,18). The van der Waals surface area contributed by atoms with Crippen molar-refractivity contribution in [3.05, 3.63) is 28.8 Å². The predicted octanol–water partition coefficient (Wildman–Crippen LogP) is 3.17. The van der Waals surface area contributed by atoms with Crippen LogP contribution in [-0.4, -0.2) is 28.1 Å². The summed E-state index contributed by atoms with van der Waals surface area (Å²) in [5, 5.41) is 11.9. The fourth-order valence-corrected chi connectivity index (χ4v) is 3.27. The molecule has 0 spiro atoms. The monoisotopic (exact) mass is 325 g/mol. The van der Waals surface area contributed by atoms with Crippen molar-refractivity contribution in [3.8, 4) is 0 Å². The second-order valence-electron chi connectivity index (χ2n) is 4.48. The first-order valence-electron chi connectivity index (χ1n) is 5.71. The molecule has 0 saturated carbocycles. The summed E-state index contributed by atoms with van der Waals surface area (Å²) in [6.07, 6.45) is -4.32. The Labute approximate surface area is 122 Å². The fourth-order valence-electron chi connectivity index (χ4n) is 1.80. The molecule has 1 fully saturated rings. The van der Waals surface area contributed by atoms with E-state index >= 15 is 0 Å². The zero-order chi connectivity index (χ0) is 15.0. The van der Waals surface area contributed by atoms with Crippen LogP contribution in [0.15, 0.2) is 18.2 Å². The number of alkyl halides is 3. The van der Waals surface area contributed by atoms with Crippen molar-refractivity contribution in [2.75, 3.05) is 16.8 Å². The van der Waals surface area contributed by atoms with Gasteiger partial charge in [-0.2, -0.15) is 24.9 Å². The van der Waals surface area contributed by atoms with Gasteiger partial charge in [-0.1, -0.05) is 11.6 Å². The minimum Gasteiger partial charge on any atom is -0.379 e. The van der Waals surface area contributed by atoms with Gasteiger partial charge < -0.3 is 10.4 Å². The van der Waals surface area contributed by atoms with Crippen LogP contribution in [-0.2, 0) is 11.0 Å². The van der Waals surface area contributed by atoms with Crippen molar-refractivity contribution in [2.45, 2.75) is 18.2 Å². The quantitative estimate of drug-likeness (QED) is 0.878. The van der Waals surface area contributed by atoms with Crippen molar-refractivity contribution >= 4 is 35.0 Å². The maximum absolute atomic E-state index is 12.7. The average Bonchev–Trinajstić information content (AvgIpc) is 2.78. The number of carbonyl (C=O) groups excluding carboxylic acids is 1. The number of anilines is 1. The third-order valence-electron chi connectivity index (χ3n) is 2.95. The van der Waals surface area contributed by atoms with Crippen LogP contribution in [0.5, 0.6) is 0 Å². The Morgan fingerprint density at radius 2 is 2.15 bits per heavy atom. The number of amides is 1. The number of benzene rings is 1. The van der Waals surface area contributed by atoms with Gasteiger partial charge in [-0.15, -0.1) is 0 Å². The summed E-state index contributed by atoms with van der Waals surface area (Å²) in [4.78, 5) is 11.9. The molecule has 8 heteroatoms. The number of carbonyl (C=O) groups is 1. The molecule has 3 nitrogen and oxygen atoms in total. The Kier molecular flexibility index (Phi) is 4.22. The van der Waals surface area contributed by atoms with Crippen molar-refractivity contribution in [2.24, 2.45) is 0 Å². The van der Waals surface area contributed by atoms with Gasteiger partial charge >= 0.3 is 6.18 Å². The lowest BCUT2D eigenvalue weighted by Gasteiger charge is -2.20. The van der Waals surface area contributed by atoms with E-state index in [2.05, 4.69) is 5.32 Å². The van der Waals surface area contributed by atoms with Gasteiger partial charge in [-0.05, 0) is 30.4 Å². The van der Waals surface area contributed by atoms with Gasteiger partial charge in [0.25, 0.3) is 5.91 Å². The number of nitrogens with one attached hydrogen (secondary N) is 1. The van der Waals surface area contributed by atoms with Gasteiger partial charge in [-0.3, -0.25) is 4.79 Å². The molecule has 0 aliphatic carbocycles. The van der Waals surface area contributed by atoms with Crippen LogP contribution in [0, 0.1) is 0 Å². The Hall–Kier alpha value is -0.920. The third kappa shape index (κ3) is 3.21. The number of thioether (sulfide) groups is 1. The highest BCUT2D eigenvalue weighted by molar-refractivity contribution is 7.99. The van der Waals surface area contributed by atoms with Gasteiger partial charge in [0.15, 0.2) is 5.60 Å². The Bertz CT molecular complexity index is 530. The summed E-state index contributed by atoms with van der Waals surface area (Å²) in [5.74, 6) is 0.176. The molecule has 1 atom stereocenters. The van der Waals surface area contributed by atoms with E-state index in [9.17, 15) is 23.1 Å². The van der Waals surface area contributed by atoms with Crippen LogP contribution in [0.3, 0.4) is 0 Å². The Balaban J connectivity index is 2.20. The summed E-state index contributed by atoms with van der Waals surface area (Å²) in [6.45, 7) is 0. The van der Waals surface area contributed by atoms with E-state index in [0.29, 0.717) is 5.75 Å². The highest BCUT2D eigenvalue weighted by Crippen LogP contribution is 2.36. The van der Waals surface area contributed by atoms with Crippen molar-refractivity contribution in [3.63, 3.8) is 0 Å².